The molecule has 0 aliphatic carbocycles. The van der Waals surface area contributed by atoms with Crippen LogP contribution in [0.15, 0.2) is 65.5 Å². The van der Waals surface area contributed by atoms with Crippen LogP contribution in [0.4, 0.5) is 23.7 Å². The molecule has 4 rings (SSSR count). The first-order valence-corrected chi connectivity index (χ1v) is 11.6. The monoisotopic (exact) mass is 513 g/mol. The lowest BCUT2D eigenvalue weighted by Crippen LogP contribution is -2.29. The smallest absolute Gasteiger partial charge is 0.395 e. The molecule has 2 amide bonds. The maximum Gasteiger partial charge on any atom is 0.435 e. The molecule has 2 aromatic heterocycles. The van der Waals surface area contributed by atoms with Gasteiger partial charge in [-0.25, -0.2) is 9.48 Å². The SMILES string of the molecule is CC(C)c1cccc(-n2nc(C(F)(F)F)cc2CNC(=O)Nc2cccc3c2ccc(=O)n3CCO)c1. The maximum atomic E-state index is 13.4. The van der Waals surface area contributed by atoms with E-state index in [1.54, 1.807) is 42.5 Å². The van der Waals surface area contributed by atoms with E-state index in [1.165, 1.54) is 15.3 Å². The summed E-state index contributed by atoms with van der Waals surface area (Å²) in [6.07, 6.45) is -4.65. The molecule has 2 aromatic carbocycles. The van der Waals surface area contributed by atoms with E-state index in [4.69, 9.17) is 0 Å². The summed E-state index contributed by atoms with van der Waals surface area (Å²) in [6, 6.07) is 15.2. The van der Waals surface area contributed by atoms with E-state index in [1.807, 2.05) is 19.9 Å². The highest BCUT2D eigenvalue weighted by Crippen LogP contribution is 2.30. The zero-order chi connectivity index (χ0) is 26.7. The van der Waals surface area contributed by atoms with Gasteiger partial charge in [-0.15, -0.1) is 0 Å². The molecule has 2 heterocycles. The van der Waals surface area contributed by atoms with Gasteiger partial charge in [0, 0.05) is 18.0 Å². The summed E-state index contributed by atoms with van der Waals surface area (Å²) >= 11 is 0. The first kappa shape index (κ1) is 26.0. The number of halogens is 3. The van der Waals surface area contributed by atoms with Gasteiger partial charge < -0.3 is 20.3 Å². The Morgan fingerprint density at radius 3 is 2.54 bits per heavy atom. The Kier molecular flexibility index (Phi) is 7.35. The minimum absolute atomic E-state index is 0.0926. The minimum atomic E-state index is -4.65. The summed E-state index contributed by atoms with van der Waals surface area (Å²) in [7, 11) is 0. The Morgan fingerprint density at radius 2 is 1.84 bits per heavy atom. The number of aromatic nitrogens is 3. The molecule has 194 valence electrons. The van der Waals surface area contributed by atoms with E-state index in [0.29, 0.717) is 22.3 Å². The van der Waals surface area contributed by atoms with E-state index in [-0.39, 0.29) is 36.9 Å². The van der Waals surface area contributed by atoms with Crippen LogP contribution in [0, 0.1) is 0 Å². The number of nitrogens with zero attached hydrogens (tertiary/aromatic N) is 3. The number of nitrogens with one attached hydrogen (secondary N) is 2. The van der Waals surface area contributed by atoms with Crippen LogP contribution in [0.2, 0.25) is 0 Å². The Labute approximate surface area is 210 Å². The number of anilines is 1. The number of hydrogen-bond donors (Lipinski definition) is 3. The van der Waals surface area contributed by atoms with Crippen molar-refractivity contribution in [3.05, 3.63) is 88.0 Å². The van der Waals surface area contributed by atoms with Crippen LogP contribution in [0.5, 0.6) is 0 Å². The van der Waals surface area contributed by atoms with Crippen LogP contribution < -0.4 is 16.2 Å². The minimum Gasteiger partial charge on any atom is -0.395 e. The second-order valence-electron chi connectivity index (χ2n) is 8.77. The molecule has 0 bridgehead atoms. The molecule has 0 aliphatic rings. The van der Waals surface area contributed by atoms with E-state index < -0.39 is 17.9 Å². The molecule has 0 spiro atoms. The van der Waals surface area contributed by atoms with Crippen molar-refractivity contribution < 1.29 is 23.1 Å². The number of pyridine rings is 1. The number of amides is 2. The zero-order valence-electron chi connectivity index (χ0n) is 20.2. The van der Waals surface area contributed by atoms with Crippen LogP contribution in [-0.4, -0.2) is 32.1 Å². The highest BCUT2D eigenvalue weighted by Gasteiger charge is 2.35. The molecule has 4 aromatic rings. The van der Waals surface area contributed by atoms with Gasteiger partial charge in [-0.3, -0.25) is 4.79 Å². The van der Waals surface area contributed by atoms with E-state index >= 15 is 0 Å². The number of aliphatic hydroxyl groups excluding tert-OH is 1. The molecule has 0 saturated carbocycles. The van der Waals surface area contributed by atoms with Gasteiger partial charge >= 0.3 is 12.2 Å². The molecule has 37 heavy (non-hydrogen) atoms. The predicted octanol–water partition coefficient (Wildman–Crippen LogP) is 4.64. The van der Waals surface area contributed by atoms with Crippen LogP contribution >= 0.6 is 0 Å². The standard InChI is InChI=1S/C26H26F3N5O3/c1-16(2)17-5-3-6-18(13-17)34-19(14-23(32-34)26(27,28)29)15-30-25(37)31-21-7-4-8-22-20(21)9-10-24(36)33(22)11-12-35/h3-10,13-14,16,35H,11-12,15H2,1-2H3,(H2,30,31,37). The van der Waals surface area contributed by atoms with Crippen molar-refractivity contribution in [2.24, 2.45) is 0 Å². The van der Waals surface area contributed by atoms with Gasteiger partial charge in [0.25, 0.3) is 5.56 Å². The third-order valence-electron chi connectivity index (χ3n) is 5.89. The van der Waals surface area contributed by atoms with Crippen LogP contribution in [0.1, 0.15) is 36.7 Å². The molecule has 0 radical (unpaired) electrons. The average Bonchev–Trinajstić information content (AvgIpc) is 3.30. The molecular formula is C26H26F3N5O3. The van der Waals surface area contributed by atoms with Gasteiger partial charge in [-0.1, -0.05) is 32.0 Å². The van der Waals surface area contributed by atoms with Crippen molar-refractivity contribution in [1.29, 1.82) is 0 Å². The number of benzene rings is 2. The summed E-state index contributed by atoms with van der Waals surface area (Å²) in [4.78, 5) is 24.9. The first-order chi connectivity index (χ1) is 17.6. The van der Waals surface area contributed by atoms with Gasteiger partial charge in [0.2, 0.25) is 0 Å². The fourth-order valence-corrected chi connectivity index (χ4v) is 4.03. The molecule has 8 nitrogen and oxygen atoms in total. The van der Waals surface area contributed by atoms with Gasteiger partial charge in [-0.2, -0.15) is 18.3 Å². The summed E-state index contributed by atoms with van der Waals surface area (Å²) in [6.45, 7) is 3.60. The van der Waals surface area contributed by atoms with Crippen LogP contribution in [0.25, 0.3) is 16.6 Å². The molecule has 0 saturated heterocycles. The average molecular weight is 514 g/mol. The van der Waals surface area contributed by atoms with E-state index in [0.717, 1.165) is 11.6 Å². The molecule has 3 N–H and O–H groups in total. The normalized spacial score (nSPS) is 11.8. The highest BCUT2D eigenvalue weighted by atomic mass is 19.4. The van der Waals surface area contributed by atoms with Gasteiger partial charge in [0.15, 0.2) is 5.69 Å². The molecule has 0 atom stereocenters. The van der Waals surface area contributed by atoms with E-state index in [2.05, 4.69) is 15.7 Å². The number of rotatable bonds is 7. The quantitative estimate of drug-likeness (QED) is 0.335. The Balaban J connectivity index is 1.59. The molecule has 11 heteroatoms. The largest absolute Gasteiger partial charge is 0.435 e. The molecule has 0 aliphatic heterocycles. The molecule has 0 unspecified atom stereocenters. The summed E-state index contributed by atoms with van der Waals surface area (Å²) in [5.41, 5.74) is 1.11. The fourth-order valence-electron chi connectivity index (χ4n) is 4.03. The Morgan fingerprint density at radius 1 is 1.08 bits per heavy atom. The van der Waals surface area contributed by atoms with Crippen molar-refractivity contribution >= 4 is 22.6 Å². The van der Waals surface area contributed by atoms with Crippen LogP contribution in [0.3, 0.4) is 0 Å². The topological polar surface area (TPSA) is 101 Å². The zero-order valence-corrected chi connectivity index (χ0v) is 20.2. The second-order valence-corrected chi connectivity index (χ2v) is 8.77. The highest BCUT2D eigenvalue weighted by molar-refractivity contribution is 6.00. The lowest BCUT2D eigenvalue weighted by atomic mass is 10.0. The van der Waals surface area contributed by atoms with Gasteiger partial charge in [0.1, 0.15) is 0 Å². The Bertz CT molecular complexity index is 1490. The third kappa shape index (κ3) is 5.67. The lowest BCUT2D eigenvalue weighted by Gasteiger charge is -2.14. The van der Waals surface area contributed by atoms with Crippen LogP contribution in [-0.2, 0) is 19.3 Å². The van der Waals surface area contributed by atoms with Crippen molar-refractivity contribution in [3.63, 3.8) is 0 Å². The molecular weight excluding hydrogens is 487 g/mol. The predicted molar refractivity (Wildman–Crippen MR) is 134 cm³/mol. The number of carbonyl (C=O) groups is 1. The molecule has 0 fully saturated rings. The van der Waals surface area contributed by atoms with Crippen molar-refractivity contribution in [1.82, 2.24) is 19.7 Å². The summed E-state index contributed by atoms with van der Waals surface area (Å²) < 4.78 is 42.9. The number of alkyl halides is 3. The number of carbonyl (C=O) groups excluding carboxylic acids is 1. The summed E-state index contributed by atoms with van der Waals surface area (Å²) in [5, 5.41) is 18.9. The number of aliphatic hydroxyl groups is 1. The van der Waals surface area contributed by atoms with E-state index in [9.17, 15) is 27.9 Å². The van der Waals surface area contributed by atoms with Crippen molar-refractivity contribution in [2.75, 3.05) is 11.9 Å². The number of fused-ring (bicyclic) bond motifs is 1. The lowest BCUT2D eigenvalue weighted by molar-refractivity contribution is -0.141. The van der Waals surface area contributed by atoms with Crippen molar-refractivity contribution in [3.8, 4) is 5.69 Å². The van der Waals surface area contributed by atoms with Gasteiger partial charge in [0.05, 0.1) is 35.7 Å². The maximum absolute atomic E-state index is 13.4. The first-order valence-electron chi connectivity index (χ1n) is 11.6. The third-order valence-corrected chi connectivity index (χ3v) is 5.89. The van der Waals surface area contributed by atoms with Crippen molar-refractivity contribution in [2.45, 2.75) is 39.0 Å². The summed E-state index contributed by atoms with van der Waals surface area (Å²) in [5.74, 6) is 0.166. The van der Waals surface area contributed by atoms with Gasteiger partial charge in [-0.05, 0) is 47.9 Å². The number of hydrogen-bond acceptors (Lipinski definition) is 4. The Hall–Kier alpha value is -4.12. The second kappa shape index (κ2) is 10.5. The number of urea groups is 1. The fraction of sp³-hybridized carbons (Fsp3) is 0.269.